The van der Waals surface area contributed by atoms with Gasteiger partial charge < -0.3 is 14.9 Å². The molecule has 18 heavy (non-hydrogen) atoms. The van der Waals surface area contributed by atoms with E-state index in [9.17, 15) is 9.59 Å². The van der Waals surface area contributed by atoms with E-state index in [1.54, 1.807) is 4.90 Å². The topological polar surface area (TPSA) is 60.9 Å². The van der Waals surface area contributed by atoms with Gasteiger partial charge in [-0.05, 0) is 31.6 Å². The number of likely N-dealkylation sites (tertiary alicyclic amines) is 2. The Balaban J connectivity index is 1.90. The molecule has 5 heteroatoms. The van der Waals surface area contributed by atoms with Gasteiger partial charge in [0.25, 0.3) is 0 Å². The van der Waals surface area contributed by atoms with E-state index in [-0.39, 0.29) is 11.9 Å². The summed E-state index contributed by atoms with van der Waals surface area (Å²) in [5.74, 6) is -0.464. The van der Waals surface area contributed by atoms with E-state index in [1.165, 1.54) is 0 Å². The molecule has 0 aromatic rings. The number of hydrogen-bond donors (Lipinski definition) is 1. The Morgan fingerprint density at radius 3 is 2.33 bits per heavy atom. The third kappa shape index (κ3) is 2.94. The van der Waals surface area contributed by atoms with Crippen LogP contribution in [0, 0.1) is 11.8 Å². The van der Waals surface area contributed by atoms with Crippen molar-refractivity contribution in [3.63, 3.8) is 0 Å². The largest absolute Gasteiger partial charge is 0.481 e. The van der Waals surface area contributed by atoms with Gasteiger partial charge in [-0.25, -0.2) is 4.79 Å². The minimum Gasteiger partial charge on any atom is -0.481 e. The first-order valence-electron chi connectivity index (χ1n) is 6.84. The van der Waals surface area contributed by atoms with E-state index in [0.717, 1.165) is 32.4 Å². The predicted octanol–water partition coefficient (Wildman–Crippen LogP) is 1.63. The molecule has 2 fully saturated rings. The number of carboxylic acids is 1. The summed E-state index contributed by atoms with van der Waals surface area (Å²) in [6.07, 6.45) is 3.60. The summed E-state index contributed by atoms with van der Waals surface area (Å²) in [6.45, 7) is 4.92. The van der Waals surface area contributed by atoms with Crippen LogP contribution in [0.4, 0.5) is 4.79 Å². The third-order valence-electron chi connectivity index (χ3n) is 4.10. The van der Waals surface area contributed by atoms with E-state index in [1.807, 2.05) is 4.90 Å². The Labute approximate surface area is 108 Å². The normalized spacial score (nSPS) is 26.2. The smallest absolute Gasteiger partial charge is 0.320 e. The number of hydrogen-bond acceptors (Lipinski definition) is 2. The number of aliphatic carboxylic acids is 1. The summed E-state index contributed by atoms with van der Waals surface area (Å²) >= 11 is 0. The van der Waals surface area contributed by atoms with Crippen molar-refractivity contribution < 1.29 is 14.7 Å². The molecule has 1 N–H and O–H groups in total. The van der Waals surface area contributed by atoms with Crippen molar-refractivity contribution in [3.8, 4) is 0 Å². The molecule has 0 aromatic carbocycles. The molecule has 2 saturated heterocycles. The molecule has 5 nitrogen and oxygen atoms in total. The zero-order chi connectivity index (χ0) is 13.1. The van der Waals surface area contributed by atoms with Crippen molar-refractivity contribution in [2.45, 2.75) is 32.6 Å². The minimum absolute atomic E-state index is 0.0350. The van der Waals surface area contributed by atoms with Crippen LogP contribution in [0.2, 0.25) is 0 Å². The first kappa shape index (κ1) is 13.2. The van der Waals surface area contributed by atoms with Gasteiger partial charge in [-0.3, -0.25) is 4.79 Å². The lowest BCUT2D eigenvalue weighted by molar-refractivity contribution is -0.143. The Morgan fingerprint density at radius 2 is 1.72 bits per heavy atom. The highest BCUT2D eigenvalue weighted by Gasteiger charge is 2.31. The number of carboxylic acid groups (broad SMARTS) is 1. The fraction of sp³-hybridized carbons (Fsp3) is 0.846. The number of carbonyl (C=O) groups excluding carboxylic acids is 1. The second kappa shape index (κ2) is 5.59. The molecule has 2 amide bonds. The fourth-order valence-electron chi connectivity index (χ4n) is 2.75. The van der Waals surface area contributed by atoms with Crippen LogP contribution >= 0.6 is 0 Å². The molecule has 0 unspecified atom stereocenters. The second-order valence-corrected chi connectivity index (χ2v) is 5.58. The van der Waals surface area contributed by atoms with Crippen LogP contribution in [0.5, 0.6) is 0 Å². The van der Waals surface area contributed by atoms with Gasteiger partial charge in [0.15, 0.2) is 0 Å². The fourth-order valence-corrected chi connectivity index (χ4v) is 2.75. The quantitative estimate of drug-likeness (QED) is 0.773. The van der Waals surface area contributed by atoms with Crippen molar-refractivity contribution in [2.75, 3.05) is 26.2 Å². The first-order chi connectivity index (χ1) is 8.58. The lowest BCUT2D eigenvalue weighted by atomic mass is 9.97. The zero-order valence-electron chi connectivity index (χ0n) is 11.0. The average Bonchev–Trinajstić information content (AvgIpc) is 2.39. The standard InChI is InChI=1S/C13H22N2O3/c1-10-4-7-14(8-5-10)13(18)15-6-2-3-11(9-15)12(16)17/h10-11H,2-9H2,1H3,(H,16,17)/t11-/m0/s1. The summed E-state index contributed by atoms with van der Waals surface area (Å²) in [5.41, 5.74) is 0. The molecule has 102 valence electrons. The van der Waals surface area contributed by atoms with Gasteiger partial charge in [-0.2, -0.15) is 0 Å². The molecule has 2 rings (SSSR count). The molecular weight excluding hydrogens is 232 g/mol. The van der Waals surface area contributed by atoms with Crippen LogP contribution < -0.4 is 0 Å². The van der Waals surface area contributed by atoms with Crippen LogP contribution in [0.3, 0.4) is 0 Å². The highest BCUT2D eigenvalue weighted by Crippen LogP contribution is 2.21. The Hall–Kier alpha value is -1.26. The Kier molecular flexibility index (Phi) is 4.09. The number of nitrogens with zero attached hydrogens (tertiary/aromatic N) is 2. The van der Waals surface area contributed by atoms with E-state index in [0.29, 0.717) is 25.4 Å². The number of amides is 2. The van der Waals surface area contributed by atoms with Crippen LogP contribution in [0.25, 0.3) is 0 Å². The van der Waals surface area contributed by atoms with Gasteiger partial charge in [0.05, 0.1) is 5.92 Å². The maximum absolute atomic E-state index is 12.3. The van der Waals surface area contributed by atoms with Gasteiger partial charge >= 0.3 is 12.0 Å². The Bertz CT molecular complexity index is 324. The zero-order valence-corrected chi connectivity index (χ0v) is 11.0. The summed E-state index contributed by atoms with van der Waals surface area (Å²) in [4.78, 5) is 26.9. The molecule has 0 aromatic heterocycles. The van der Waals surface area contributed by atoms with E-state index >= 15 is 0 Å². The first-order valence-corrected chi connectivity index (χ1v) is 6.84. The maximum Gasteiger partial charge on any atom is 0.320 e. The van der Waals surface area contributed by atoms with Gasteiger partial charge in [0, 0.05) is 26.2 Å². The molecule has 0 bridgehead atoms. The number of rotatable bonds is 1. The van der Waals surface area contributed by atoms with Gasteiger partial charge in [-0.15, -0.1) is 0 Å². The van der Waals surface area contributed by atoms with Crippen LogP contribution in [-0.2, 0) is 4.79 Å². The number of carbonyl (C=O) groups is 2. The lowest BCUT2D eigenvalue weighted by Gasteiger charge is -2.37. The van der Waals surface area contributed by atoms with Crippen molar-refractivity contribution in [2.24, 2.45) is 11.8 Å². The van der Waals surface area contributed by atoms with Crippen LogP contribution in [0.1, 0.15) is 32.6 Å². The molecule has 0 spiro atoms. The third-order valence-corrected chi connectivity index (χ3v) is 4.10. The molecule has 0 radical (unpaired) electrons. The van der Waals surface area contributed by atoms with Gasteiger partial charge in [0.1, 0.15) is 0 Å². The van der Waals surface area contributed by atoms with Crippen molar-refractivity contribution in [1.29, 1.82) is 0 Å². The molecule has 0 aliphatic carbocycles. The molecular formula is C13H22N2O3. The van der Waals surface area contributed by atoms with E-state index in [2.05, 4.69) is 6.92 Å². The van der Waals surface area contributed by atoms with Crippen LogP contribution in [-0.4, -0.2) is 53.1 Å². The minimum atomic E-state index is -0.778. The molecule has 0 saturated carbocycles. The predicted molar refractivity (Wildman–Crippen MR) is 67.3 cm³/mol. The second-order valence-electron chi connectivity index (χ2n) is 5.58. The summed E-state index contributed by atoms with van der Waals surface area (Å²) in [6, 6.07) is 0.0350. The summed E-state index contributed by atoms with van der Waals surface area (Å²) in [7, 11) is 0. The number of piperidine rings is 2. The van der Waals surface area contributed by atoms with Crippen molar-refractivity contribution in [1.82, 2.24) is 9.80 Å². The highest BCUT2D eigenvalue weighted by molar-refractivity contribution is 5.76. The Morgan fingerprint density at radius 1 is 1.06 bits per heavy atom. The molecule has 2 heterocycles. The van der Waals surface area contributed by atoms with E-state index < -0.39 is 5.97 Å². The molecule has 1 atom stereocenters. The summed E-state index contributed by atoms with van der Waals surface area (Å²) < 4.78 is 0. The van der Waals surface area contributed by atoms with Gasteiger partial charge in [0.2, 0.25) is 0 Å². The van der Waals surface area contributed by atoms with Crippen molar-refractivity contribution in [3.05, 3.63) is 0 Å². The SMILES string of the molecule is CC1CCN(C(=O)N2CCC[C@H](C(=O)O)C2)CC1. The summed E-state index contributed by atoms with van der Waals surface area (Å²) in [5, 5.41) is 9.03. The molecule has 2 aliphatic heterocycles. The van der Waals surface area contributed by atoms with Crippen molar-refractivity contribution >= 4 is 12.0 Å². The van der Waals surface area contributed by atoms with Gasteiger partial charge in [-0.1, -0.05) is 6.92 Å². The maximum atomic E-state index is 12.3. The average molecular weight is 254 g/mol. The van der Waals surface area contributed by atoms with E-state index in [4.69, 9.17) is 5.11 Å². The number of urea groups is 1. The lowest BCUT2D eigenvalue weighted by Crippen LogP contribution is -2.50. The monoisotopic (exact) mass is 254 g/mol. The van der Waals surface area contributed by atoms with Crippen LogP contribution in [0.15, 0.2) is 0 Å². The molecule has 2 aliphatic rings. The highest BCUT2D eigenvalue weighted by atomic mass is 16.4.